The molecule has 88 valence electrons. The van der Waals surface area contributed by atoms with Gasteiger partial charge in [0.1, 0.15) is 0 Å². The summed E-state index contributed by atoms with van der Waals surface area (Å²) in [5.41, 5.74) is 0. The maximum Gasteiger partial charge on any atom is 0.220 e. The zero-order chi connectivity index (χ0) is 11.3. The van der Waals surface area contributed by atoms with Gasteiger partial charge in [-0.15, -0.1) is 0 Å². The second-order valence-corrected chi connectivity index (χ2v) is 4.20. The Kier molecular flexibility index (Phi) is 5.05. The van der Waals surface area contributed by atoms with E-state index in [-0.39, 0.29) is 11.9 Å². The highest BCUT2D eigenvalue weighted by molar-refractivity contribution is 5.76. The van der Waals surface area contributed by atoms with Gasteiger partial charge in [0.05, 0.1) is 12.2 Å². The third-order valence-corrected chi connectivity index (χ3v) is 2.65. The number of aliphatic hydroxyl groups is 1. The number of hydrogen-bond acceptors (Lipinski definition) is 3. The standard InChI is InChI=1S/C11H21NO3/c1-3-15-10-6-9(7-10)12-11(14)5-4-8(2)13/h8-10,13H,3-7H2,1-2H3,(H,12,14). The van der Waals surface area contributed by atoms with E-state index in [0.29, 0.717) is 18.9 Å². The fraction of sp³-hybridized carbons (Fsp3) is 0.909. The lowest BCUT2D eigenvalue weighted by molar-refractivity contribution is -0.124. The van der Waals surface area contributed by atoms with E-state index < -0.39 is 6.10 Å². The lowest BCUT2D eigenvalue weighted by atomic mass is 9.89. The largest absolute Gasteiger partial charge is 0.393 e. The maximum atomic E-state index is 11.4. The van der Waals surface area contributed by atoms with Gasteiger partial charge in [0.15, 0.2) is 0 Å². The minimum atomic E-state index is -0.395. The third-order valence-electron chi connectivity index (χ3n) is 2.65. The molecular formula is C11H21NO3. The van der Waals surface area contributed by atoms with Crippen molar-refractivity contribution in [1.82, 2.24) is 5.32 Å². The van der Waals surface area contributed by atoms with Crippen molar-refractivity contribution in [3.63, 3.8) is 0 Å². The van der Waals surface area contributed by atoms with E-state index in [4.69, 9.17) is 9.84 Å². The van der Waals surface area contributed by atoms with Crippen LogP contribution in [0.15, 0.2) is 0 Å². The highest BCUT2D eigenvalue weighted by atomic mass is 16.5. The third kappa shape index (κ3) is 4.62. The molecule has 4 heteroatoms. The van der Waals surface area contributed by atoms with E-state index >= 15 is 0 Å². The Balaban J connectivity index is 2.03. The maximum absolute atomic E-state index is 11.4. The summed E-state index contributed by atoms with van der Waals surface area (Å²) >= 11 is 0. The van der Waals surface area contributed by atoms with Gasteiger partial charge >= 0.3 is 0 Å². The van der Waals surface area contributed by atoms with E-state index in [9.17, 15) is 4.79 Å². The predicted octanol–water partition coefficient (Wildman–Crippen LogP) is 0.831. The van der Waals surface area contributed by atoms with Crippen LogP contribution in [-0.4, -0.2) is 35.9 Å². The van der Waals surface area contributed by atoms with E-state index in [1.807, 2.05) is 6.92 Å². The summed E-state index contributed by atoms with van der Waals surface area (Å²) in [5, 5.41) is 11.9. The van der Waals surface area contributed by atoms with Gasteiger partial charge in [0.25, 0.3) is 0 Å². The summed E-state index contributed by atoms with van der Waals surface area (Å²) < 4.78 is 5.40. The number of carbonyl (C=O) groups is 1. The topological polar surface area (TPSA) is 58.6 Å². The normalized spacial score (nSPS) is 26.9. The number of ether oxygens (including phenoxy) is 1. The quantitative estimate of drug-likeness (QED) is 0.690. The van der Waals surface area contributed by atoms with Crippen molar-refractivity contribution >= 4 is 5.91 Å². The highest BCUT2D eigenvalue weighted by Crippen LogP contribution is 2.23. The molecule has 1 unspecified atom stereocenters. The molecule has 1 amide bonds. The van der Waals surface area contributed by atoms with E-state index in [1.54, 1.807) is 6.92 Å². The van der Waals surface area contributed by atoms with E-state index in [2.05, 4.69) is 5.32 Å². The van der Waals surface area contributed by atoms with Crippen molar-refractivity contribution in [1.29, 1.82) is 0 Å². The molecule has 0 radical (unpaired) electrons. The van der Waals surface area contributed by atoms with Gasteiger partial charge in [-0.2, -0.15) is 0 Å². The zero-order valence-corrected chi connectivity index (χ0v) is 9.53. The van der Waals surface area contributed by atoms with Gasteiger partial charge in [0.2, 0.25) is 5.91 Å². The van der Waals surface area contributed by atoms with Crippen molar-refractivity contribution < 1.29 is 14.6 Å². The summed E-state index contributed by atoms with van der Waals surface area (Å²) in [5.74, 6) is 0.0378. The number of amides is 1. The SMILES string of the molecule is CCOC1CC(NC(=O)CCC(C)O)C1. The Bertz CT molecular complexity index is 200. The number of hydrogen-bond donors (Lipinski definition) is 2. The lowest BCUT2D eigenvalue weighted by Gasteiger charge is -2.35. The molecule has 0 aliphatic heterocycles. The summed E-state index contributed by atoms with van der Waals surface area (Å²) in [7, 11) is 0. The van der Waals surface area contributed by atoms with Crippen LogP contribution in [-0.2, 0) is 9.53 Å². The molecule has 1 aliphatic carbocycles. The van der Waals surface area contributed by atoms with Gasteiger partial charge in [-0.05, 0) is 33.1 Å². The first-order valence-electron chi connectivity index (χ1n) is 5.70. The van der Waals surface area contributed by atoms with Crippen molar-refractivity contribution in [3.8, 4) is 0 Å². The van der Waals surface area contributed by atoms with Crippen LogP contribution in [0.4, 0.5) is 0 Å². The molecule has 0 aromatic carbocycles. The monoisotopic (exact) mass is 215 g/mol. The van der Waals surface area contributed by atoms with Crippen molar-refractivity contribution in [3.05, 3.63) is 0 Å². The molecule has 4 nitrogen and oxygen atoms in total. The summed E-state index contributed by atoms with van der Waals surface area (Å²) in [6.07, 6.45) is 2.73. The number of rotatable bonds is 6. The molecule has 0 saturated heterocycles. The number of carbonyl (C=O) groups excluding carboxylic acids is 1. The predicted molar refractivity (Wildman–Crippen MR) is 57.5 cm³/mol. The fourth-order valence-electron chi connectivity index (χ4n) is 1.70. The molecule has 0 aromatic heterocycles. The van der Waals surface area contributed by atoms with Gasteiger partial charge in [-0.25, -0.2) is 0 Å². The molecule has 1 saturated carbocycles. The number of nitrogens with one attached hydrogen (secondary N) is 1. The average Bonchev–Trinajstić information content (AvgIpc) is 2.11. The fourth-order valence-corrected chi connectivity index (χ4v) is 1.70. The van der Waals surface area contributed by atoms with Crippen LogP contribution in [0.25, 0.3) is 0 Å². The van der Waals surface area contributed by atoms with E-state index in [1.165, 1.54) is 0 Å². The molecule has 0 spiro atoms. The van der Waals surface area contributed by atoms with Gasteiger partial charge in [0, 0.05) is 19.1 Å². The first-order valence-corrected chi connectivity index (χ1v) is 5.70. The van der Waals surface area contributed by atoms with Gasteiger partial charge in [-0.3, -0.25) is 4.79 Å². The first-order chi connectivity index (χ1) is 7.11. The Hall–Kier alpha value is -0.610. The molecule has 1 atom stereocenters. The van der Waals surface area contributed by atoms with Gasteiger partial charge in [-0.1, -0.05) is 0 Å². The van der Waals surface area contributed by atoms with Crippen LogP contribution in [0, 0.1) is 0 Å². The highest BCUT2D eigenvalue weighted by Gasteiger charge is 2.30. The van der Waals surface area contributed by atoms with Crippen LogP contribution in [0.1, 0.15) is 39.5 Å². The summed E-state index contributed by atoms with van der Waals surface area (Å²) in [6, 6.07) is 0.281. The Morgan fingerprint density at radius 2 is 2.27 bits per heavy atom. The molecule has 0 bridgehead atoms. The zero-order valence-electron chi connectivity index (χ0n) is 9.53. The smallest absolute Gasteiger partial charge is 0.220 e. The first kappa shape index (κ1) is 12.5. The molecule has 2 N–H and O–H groups in total. The Morgan fingerprint density at radius 3 is 2.80 bits per heavy atom. The molecule has 1 rings (SSSR count). The second-order valence-electron chi connectivity index (χ2n) is 4.20. The van der Waals surface area contributed by atoms with Crippen molar-refractivity contribution in [2.45, 2.75) is 57.8 Å². The lowest BCUT2D eigenvalue weighted by Crippen LogP contribution is -2.47. The van der Waals surface area contributed by atoms with Crippen LogP contribution in [0.2, 0.25) is 0 Å². The van der Waals surface area contributed by atoms with Crippen LogP contribution in [0.3, 0.4) is 0 Å². The molecule has 0 heterocycles. The van der Waals surface area contributed by atoms with Crippen LogP contribution >= 0.6 is 0 Å². The van der Waals surface area contributed by atoms with Crippen molar-refractivity contribution in [2.24, 2.45) is 0 Å². The van der Waals surface area contributed by atoms with Crippen molar-refractivity contribution in [2.75, 3.05) is 6.61 Å². The number of aliphatic hydroxyl groups excluding tert-OH is 1. The molecule has 1 fully saturated rings. The van der Waals surface area contributed by atoms with Gasteiger partial charge < -0.3 is 15.2 Å². The Morgan fingerprint density at radius 1 is 1.60 bits per heavy atom. The Labute approximate surface area is 91.0 Å². The van der Waals surface area contributed by atoms with E-state index in [0.717, 1.165) is 19.4 Å². The molecule has 0 aromatic rings. The molecule has 15 heavy (non-hydrogen) atoms. The summed E-state index contributed by atoms with van der Waals surface area (Å²) in [6.45, 7) is 4.42. The molecular weight excluding hydrogens is 194 g/mol. The second kappa shape index (κ2) is 6.08. The van der Waals surface area contributed by atoms with Crippen LogP contribution in [0.5, 0.6) is 0 Å². The summed E-state index contributed by atoms with van der Waals surface area (Å²) in [4.78, 5) is 11.4. The minimum Gasteiger partial charge on any atom is -0.393 e. The molecule has 1 aliphatic rings. The minimum absolute atomic E-state index is 0.0378. The average molecular weight is 215 g/mol. The van der Waals surface area contributed by atoms with Crippen LogP contribution < -0.4 is 5.32 Å².